The minimum Gasteiger partial charge on any atom is -0.493 e. The van der Waals surface area contributed by atoms with Crippen molar-refractivity contribution in [2.75, 3.05) is 19.5 Å². The van der Waals surface area contributed by atoms with Crippen molar-refractivity contribution in [3.05, 3.63) is 51.8 Å². The Morgan fingerprint density at radius 3 is 2.48 bits per heavy atom. The number of anilines is 1. The number of benzene rings is 2. The summed E-state index contributed by atoms with van der Waals surface area (Å²) in [6, 6.07) is 8.11. The maximum absolute atomic E-state index is 13.4. The van der Waals surface area contributed by atoms with Crippen LogP contribution in [0.4, 0.5) is 10.1 Å². The van der Waals surface area contributed by atoms with E-state index in [1.54, 1.807) is 19.2 Å². The third-order valence-corrected chi connectivity index (χ3v) is 3.69. The zero-order valence-corrected chi connectivity index (χ0v) is 13.1. The molecule has 0 aliphatic heterocycles. The lowest BCUT2D eigenvalue weighted by molar-refractivity contribution is 0.355. The molecule has 2 aromatic rings. The number of rotatable bonds is 5. The van der Waals surface area contributed by atoms with E-state index in [4.69, 9.17) is 32.7 Å². The average molecular weight is 330 g/mol. The Labute approximate surface area is 132 Å². The molecule has 0 saturated carbocycles. The Balaban J connectivity index is 2.18. The maximum atomic E-state index is 13.4. The quantitative estimate of drug-likeness (QED) is 0.857. The van der Waals surface area contributed by atoms with Crippen LogP contribution in [0.3, 0.4) is 0 Å². The van der Waals surface area contributed by atoms with Crippen molar-refractivity contribution in [1.29, 1.82) is 0 Å². The maximum Gasteiger partial charge on any atom is 0.179 e. The largest absolute Gasteiger partial charge is 0.493 e. The monoisotopic (exact) mass is 329 g/mol. The van der Waals surface area contributed by atoms with Gasteiger partial charge in [-0.15, -0.1) is 0 Å². The molecule has 0 unspecified atom stereocenters. The molecule has 0 amide bonds. The van der Waals surface area contributed by atoms with Gasteiger partial charge in [0.15, 0.2) is 11.5 Å². The van der Waals surface area contributed by atoms with Gasteiger partial charge in [-0.2, -0.15) is 0 Å². The minimum atomic E-state index is -0.472. The van der Waals surface area contributed by atoms with Gasteiger partial charge < -0.3 is 14.8 Å². The van der Waals surface area contributed by atoms with Crippen molar-refractivity contribution < 1.29 is 13.9 Å². The zero-order valence-electron chi connectivity index (χ0n) is 11.5. The SMILES string of the molecule is COc1ccc(CNc2ccc(Cl)c(F)c2)c(Cl)c1OC. The number of methoxy groups -OCH3 is 2. The number of hydrogen-bond acceptors (Lipinski definition) is 3. The van der Waals surface area contributed by atoms with E-state index in [2.05, 4.69) is 5.32 Å². The first kappa shape index (κ1) is 15.7. The fourth-order valence-corrected chi connectivity index (χ4v) is 2.29. The summed E-state index contributed by atoms with van der Waals surface area (Å²) in [5.74, 6) is 0.560. The van der Waals surface area contributed by atoms with Gasteiger partial charge in [0.05, 0.1) is 24.3 Å². The molecule has 0 fully saturated rings. The van der Waals surface area contributed by atoms with Crippen LogP contribution in [-0.2, 0) is 6.54 Å². The number of hydrogen-bond donors (Lipinski definition) is 1. The van der Waals surface area contributed by atoms with Gasteiger partial charge in [0.1, 0.15) is 5.82 Å². The summed E-state index contributed by atoms with van der Waals surface area (Å²) < 4.78 is 23.8. The van der Waals surface area contributed by atoms with Gasteiger partial charge in [0.2, 0.25) is 0 Å². The Kier molecular flexibility index (Phi) is 5.15. The fourth-order valence-electron chi connectivity index (χ4n) is 1.87. The van der Waals surface area contributed by atoms with Crippen LogP contribution < -0.4 is 14.8 Å². The molecule has 0 aromatic heterocycles. The highest BCUT2D eigenvalue weighted by molar-refractivity contribution is 6.33. The molecule has 0 aliphatic rings. The number of nitrogens with one attached hydrogen (secondary N) is 1. The Morgan fingerprint density at radius 1 is 1.10 bits per heavy atom. The lowest BCUT2D eigenvalue weighted by atomic mass is 10.2. The van der Waals surface area contributed by atoms with E-state index >= 15 is 0 Å². The lowest BCUT2D eigenvalue weighted by Crippen LogP contribution is -2.02. The van der Waals surface area contributed by atoms with Crippen LogP contribution in [0.1, 0.15) is 5.56 Å². The summed E-state index contributed by atoms with van der Waals surface area (Å²) in [7, 11) is 3.07. The van der Waals surface area contributed by atoms with E-state index in [0.29, 0.717) is 28.8 Å². The molecule has 2 rings (SSSR count). The van der Waals surface area contributed by atoms with E-state index in [9.17, 15) is 4.39 Å². The summed E-state index contributed by atoms with van der Waals surface area (Å²) in [5, 5.41) is 3.62. The van der Waals surface area contributed by atoms with Gasteiger partial charge >= 0.3 is 0 Å². The summed E-state index contributed by atoms with van der Waals surface area (Å²) in [4.78, 5) is 0. The van der Waals surface area contributed by atoms with Gasteiger partial charge in [-0.3, -0.25) is 0 Å². The summed E-state index contributed by atoms with van der Waals surface area (Å²) in [6.07, 6.45) is 0. The van der Waals surface area contributed by atoms with Crippen molar-refractivity contribution in [3.63, 3.8) is 0 Å². The molecule has 1 N–H and O–H groups in total. The smallest absolute Gasteiger partial charge is 0.179 e. The first-order chi connectivity index (χ1) is 10.1. The fraction of sp³-hybridized carbons (Fsp3) is 0.200. The molecule has 0 saturated heterocycles. The second-order valence-electron chi connectivity index (χ2n) is 4.26. The second-order valence-corrected chi connectivity index (χ2v) is 5.04. The molecule has 0 bridgehead atoms. The highest BCUT2D eigenvalue weighted by Crippen LogP contribution is 2.37. The van der Waals surface area contributed by atoms with Gasteiger partial charge in [-0.05, 0) is 29.8 Å². The van der Waals surface area contributed by atoms with Gasteiger partial charge in [-0.1, -0.05) is 29.3 Å². The van der Waals surface area contributed by atoms with Crippen LogP contribution in [0, 0.1) is 5.82 Å². The van der Waals surface area contributed by atoms with Crippen molar-refractivity contribution in [3.8, 4) is 11.5 Å². The number of halogens is 3. The Hall–Kier alpha value is -1.65. The zero-order chi connectivity index (χ0) is 15.4. The van der Waals surface area contributed by atoms with Gasteiger partial charge in [-0.25, -0.2) is 4.39 Å². The summed E-state index contributed by atoms with van der Waals surface area (Å²) >= 11 is 11.9. The molecule has 3 nitrogen and oxygen atoms in total. The van der Waals surface area contributed by atoms with Crippen LogP contribution >= 0.6 is 23.2 Å². The molecule has 21 heavy (non-hydrogen) atoms. The number of ether oxygens (including phenoxy) is 2. The van der Waals surface area contributed by atoms with Crippen molar-refractivity contribution in [2.24, 2.45) is 0 Å². The van der Waals surface area contributed by atoms with Crippen molar-refractivity contribution in [2.45, 2.75) is 6.54 Å². The Bertz CT molecular complexity index is 650. The average Bonchev–Trinajstić information content (AvgIpc) is 2.49. The molecular weight excluding hydrogens is 316 g/mol. The first-order valence-electron chi connectivity index (χ1n) is 6.15. The molecule has 112 valence electrons. The van der Waals surface area contributed by atoms with Crippen LogP contribution in [0.5, 0.6) is 11.5 Å². The van der Waals surface area contributed by atoms with Crippen LogP contribution in [-0.4, -0.2) is 14.2 Å². The molecule has 0 aliphatic carbocycles. The molecule has 2 aromatic carbocycles. The van der Waals surface area contributed by atoms with Gasteiger partial charge in [0, 0.05) is 12.2 Å². The molecule has 6 heteroatoms. The normalized spacial score (nSPS) is 10.3. The standard InChI is InChI=1S/C15H14Cl2FNO2/c1-20-13-6-3-9(14(17)15(13)21-2)8-19-10-4-5-11(16)12(18)7-10/h3-7,19H,8H2,1-2H3. The van der Waals surface area contributed by atoms with E-state index in [-0.39, 0.29) is 5.02 Å². The van der Waals surface area contributed by atoms with Gasteiger partial charge in [0.25, 0.3) is 0 Å². The Morgan fingerprint density at radius 2 is 1.86 bits per heavy atom. The summed E-state index contributed by atoms with van der Waals surface area (Å²) in [5.41, 5.74) is 1.42. The second kappa shape index (κ2) is 6.87. The van der Waals surface area contributed by atoms with Crippen LogP contribution in [0.2, 0.25) is 10.0 Å². The highest BCUT2D eigenvalue weighted by Gasteiger charge is 2.13. The molecule has 0 radical (unpaired) electrons. The summed E-state index contributed by atoms with van der Waals surface area (Å²) in [6.45, 7) is 0.417. The topological polar surface area (TPSA) is 30.5 Å². The van der Waals surface area contributed by atoms with E-state index < -0.39 is 5.82 Å². The van der Waals surface area contributed by atoms with E-state index in [0.717, 1.165) is 5.56 Å². The highest BCUT2D eigenvalue weighted by atomic mass is 35.5. The lowest BCUT2D eigenvalue weighted by Gasteiger charge is -2.14. The van der Waals surface area contributed by atoms with Crippen LogP contribution in [0.25, 0.3) is 0 Å². The van der Waals surface area contributed by atoms with Crippen molar-refractivity contribution >= 4 is 28.9 Å². The predicted molar refractivity (Wildman–Crippen MR) is 83.3 cm³/mol. The third-order valence-electron chi connectivity index (χ3n) is 2.97. The minimum absolute atomic E-state index is 0.0877. The molecule has 0 atom stereocenters. The van der Waals surface area contributed by atoms with E-state index in [1.165, 1.54) is 19.2 Å². The molecular formula is C15H14Cl2FNO2. The predicted octanol–water partition coefficient (Wildman–Crippen LogP) is 4.76. The molecule has 0 spiro atoms. The van der Waals surface area contributed by atoms with Crippen LogP contribution in [0.15, 0.2) is 30.3 Å². The van der Waals surface area contributed by atoms with E-state index in [1.807, 2.05) is 6.07 Å². The third kappa shape index (κ3) is 3.52. The van der Waals surface area contributed by atoms with Crippen molar-refractivity contribution in [1.82, 2.24) is 0 Å². The first-order valence-corrected chi connectivity index (χ1v) is 6.90. The molecule has 0 heterocycles.